The lowest BCUT2D eigenvalue weighted by Crippen LogP contribution is -2.49. The summed E-state index contributed by atoms with van der Waals surface area (Å²) < 4.78 is 5.45. The van der Waals surface area contributed by atoms with Crippen LogP contribution < -0.4 is 5.32 Å². The Balaban J connectivity index is 1.59. The van der Waals surface area contributed by atoms with Crippen molar-refractivity contribution in [2.24, 2.45) is 5.92 Å². The summed E-state index contributed by atoms with van der Waals surface area (Å²) in [6.07, 6.45) is 1.06. The number of aromatic amines is 1. The molecular formula is C18H26N4O2S. The summed E-state index contributed by atoms with van der Waals surface area (Å²) >= 11 is 1.62. The van der Waals surface area contributed by atoms with E-state index in [0.717, 1.165) is 43.3 Å². The average Bonchev–Trinajstić information content (AvgIpc) is 3.29. The van der Waals surface area contributed by atoms with Crippen molar-refractivity contribution in [1.29, 1.82) is 0 Å². The van der Waals surface area contributed by atoms with Crippen molar-refractivity contribution >= 4 is 17.2 Å². The average molecular weight is 362 g/mol. The predicted molar refractivity (Wildman–Crippen MR) is 99.9 cm³/mol. The number of H-pyrrole nitrogens is 1. The van der Waals surface area contributed by atoms with Crippen LogP contribution in [0, 0.1) is 5.92 Å². The topological polar surface area (TPSA) is 70.2 Å². The summed E-state index contributed by atoms with van der Waals surface area (Å²) in [7, 11) is 0. The van der Waals surface area contributed by atoms with E-state index >= 15 is 0 Å². The molecule has 2 aromatic rings. The number of hydrogen-bond acceptors (Lipinski definition) is 5. The van der Waals surface area contributed by atoms with Gasteiger partial charge in [0.25, 0.3) is 5.91 Å². The molecule has 0 radical (unpaired) electrons. The molecule has 1 amide bonds. The molecule has 6 nitrogen and oxygen atoms in total. The second kappa shape index (κ2) is 8.60. The van der Waals surface area contributed by atoms with Crippen LogP contribution in [0.2, 0.25) is 0 Å². The maximum atomic E-state index is 12.5. The Morgan fingerprint density at radius 2 is 2.24 bits per heavy atom. The predicted octanol–water partition coefficient (Wildman–Crippen LogP) is 2.61. The van der Waals surface area contributed by atoms with E-state index in [9.17, 15) is 4.79 Å². The van der Waals surface area contributed by atoms with Crippen LogP contribution in [0.15, 0.2) is 23.6 Å². The third-order valence-corrected chi connectivity index (χ3v) is 5.30. The van der Waals surface area contributed by atoms with E-state index < -0.39 is 0 Å². The third-order valence-electron chi connectivity index (χ3n) is 4.40. The first kappa shape index (κ1) is 18.1. The molecule has 2 aromatic heterocycles. The van der Waals surface area contributed by atoms with Crippen LogP contribution in [-0.4, -0.2) is 59.9 Å². The Labute approximate surface area is 152 Å². The fourth-order valence-corrected chi connectivity index (χ4v) is 3.84. The number of ether oxygens (including phenoxy) is 1. The highest BCUT2D eigenvalue weighted by molar-refractivity contribution is 7.13. The van der Waals surface area contributed by atoms with Crippen molar-refractivity contribution in [1.82, 2.24) is 20.4 Å². The molecule has 0 bridgehead atoms. The van der Waals surface area contributed by atoms with E-state index in [-0.39, 0.29) is 5.91 Å². The molecule has 1 atom stereocenters. The van der Waals surface area contributed by atoms with E-state index in [4.69, 9.17) is 4.74 Å². The minimum atomic E-state index is -0.124. The van der Waals surface area contributed by atoms with E-state index in [2.05, 4.69) is 34.3 Å². The van der Waals surface area contributed by atoms with Crippen LogP contribution >= 0.6 is 11.3 Å². The Morgan fingerprint density at radius 1 is 1.44 bits per heavy atom. The van der Waals surface area contributed by atoms with Gasteiger partial charge in [-0.2, -0.15) is 5.10 Å². The molecular weight excluding hydrogens is 336 g/mol. The highest BCUT2D eigenvalue weighted by Crippen LogP contribution is 2.22. The Kier molecular flexibility index (Phi) is 6.23. The van der Waals surface area contributed by atoms with Crippen molar-refractivity contribution in [2.75, 3.05) is 32.8 Å². The molecule has 0 aliphatic carbocycles. The van der Waals surface area contributed by atoms with Crippen LogP contribution in [0.4, 0.5) is 0 Å². The van der Waals surface area contributed by atoms with E-state index in [1.54, 1.807) is 11.3 Å². The van der Waals surface area contributed by atoms with E-state index in [1.165, 1.54) is 0 Å². The van der Waals surface area contributed by atoms with Gasteiger partial charge < -0.3 is 10.1 Å². The lowest BCUT2D eigenvalue weighted by atomic mass is 10.0. The molecule has 3 heterocycles. The zero-order valence-corrected chi connectivity index (χ0v) is 15.6. The maximum absolute atomic E-state index is 12.5. The standard InChI is InChI=1S/C18H26N4O2S/c1-13(2)10-14(22-5-7-24-8-6-22)12-19-18(23)16-11-15(20-21-16)17-4-3-9-25-17/h3-4,9,11,13-14H,5-8,10,12H2,1-2H3,(H,19,23)(H,20,21). The van der Waals surface area contributed by atoms with Crippen LogP contribution in [0.5, 0.6) is 0 Å². The Bertz CT molecular complexity index is 662. The van der Waals surface area contributed by atoms with Crippen molar-refractivity contribution in [3.63, 3.8) is 0 Å². The molecule has 7 heteroatoms. The van der Waals surface area contributed by atoms with Gasteiger partial charge in [-0.15, -0.1) is 11.3 Å². The summed E-state index contributed by atoms with van der Waals surface area (Å²) in [5, 5.41) is 12.2. The summed E-state index contributed by atoms with van der Waals surface area (Å²) in [5.41, 5.74) is 1.32. The zero-order valence-electron chi connectivity index (χ0n) is 14.8. The molecule has 1 aliphatic heterocycles. The molecule has 2 N–H and O–H groups in total. The van der Waals surface area contributed by atoms with Gasteiger partial charge in [-0.3, -0.25) is 14.8 Å². The molecule has 1 fully saturated rings. The minimum absolute atomic E-state index is 0.124. The Morgan fingerprint density at radius 3 is 2.92 bits per heavy atom. The van der Waals surface area contributed by atoms with Crippen molar-refractivity contribution < 1.29 is 9.53 Å². The fourth-order valence-electron chi connectivity index (χ4n) is 3.15. The molecule has 0 aromatic carbocycles. The van der Waals surface area contributed by atoms with Gasteiger partial charge in [-0.1, -0.05) is 19.9 Å². The monoisotopic (exact) mass is 362 g/mol. The molecule has 0 spiro atoms. The number of nitrogens with zero attached hydrogens (tertiary/aromatic N) is 2. The highest BCUT2D eigenvalue weighted by Gasteiger charge is 2.23. The molecule has 0 saturated carbocycles. The first-order valence-electron chi connectivity index (χ1n) is 8.82. The Hall–Kier alpha value is -1.70. The first-order chi connectivity index (χ1) is 12.1. The number of amides is 1. The minimum Gasteiger partial charge on any atom is -0.379 e. The maximum Gasteiger partial charge on any atom is 0.271 e. The van der Waals surface area contributed by atoms with Gasteiger partial charge in [-0.25, -0.2) is 0 Å². The number of thiophene rings is 1. The third kappa shape index (κ3) is 4.90. The summed E-state index contributed by atoms with van der Waals surface area (Å²) in [6.45, 7) is 8.47. The zero-order chi connectivity index (χ0) is 17.6. The smallest absolute Gasteiger partial charge is 0.271 e. The number of carbonyl (C=O) groups is 1. The van der Waals surface area contributed by atoms with Gasteiger partial charge in [-0.05, 0) is 29.9 Å². The summed E-state index contributed by atoms with van der Waals surface area (Å²) in [4.78, 5) is 16.0. The van der Waals surface area contributed by atoms with Gasteiger partial charge in [0.1, 0.15) is 0 Å². The first-order valence-corrected chi connectivity index (χ1v) is 9.70. The molecule has 1 unspecified atom stereocenters. The number of aromatic nitrogens is 2. The lowest BCUT2D eigenvalue weighted by molar-refractivity contribution is 0.0124. The van der Waals surface area contributed by atoms with Crippen LogP contribution in [0.25, 0.3) is 10.6 Å². The normalized spacial score (nSPS) is 16.9. The number of carbonyl (C=O) groups excluding carboxylic acids is 1. The summed E-state index contributed by atoms with van der Waals surface area (Å²) in [5.74, 6) is 0.460. The van der Waals surface area contributed by atoms with E-state index in [0.29, 0.717) is 24.2 Å². The summed E-state index contributed by atoms with van der Waals surface area (Å²) in [6, 6.07) is 6.15. The van der Waals surface area contributed by atoms with Gasteiger partial charge in [0.05, 0.1) is 23.8 Å². The fraction of sp³-hybridized carbons (Fsp3) is 0.556. The lowest BCUT2D eigenvalue weighted by Gasteiger charge is -2.35. The van der Waals surface area contributed by atoms with E-state index in [1.807, 2.05) is 23.6 Å². The number of nitrogens with one attached hydrogen (secondary N) is 2. The van der Waals surface area contributed by atoms with Gasteiger partial charge in [0.15, 0.2) is 5.69 Å². The number of rotatable bonds is 7. The quantitative estimate of drug-likeness (QED) is 0.794. The second-order valence-corrected chi connectivity index (χ2v) is 7.73. The largest absolute Gasteiger partial charge is 0.379 e. The molecule has 136 valence electrons. The van der Waals surface area contributed by atoms with Crippen LogP contribution in [0.3, 0.4) is 0 Å². The number of morpholine rings is 1. The number of hydrogen-bond donors (Lipinski definition) is 2. The molecule has 1 saturated heterocycles. The SMILES string of the molecule is CC(C)CC(CNC(=O)c1cc(-c2cccs2)[nH]n1)N1CCOCC1. The molecule has 3 rings (SSSR count). The van der Waals surface area contributed by atoms with Crippen molar-refractivity contribution in [2.45, 2.75) is 26.3 Å². The van der Waals surface area contributed by atoms with Crippen LogP contribution in [0.1, 0.15) is 30.8 Å². The molecule has 1 aliphatic rings. The molecule has 25 heavy (non-hydrogen) atoms. The van der Waals surface area contributed by atoms with Crippen LogP contribution in [-0.2, 0) is 4.74 Å². The van der Waals surface area contributed by atoms with Gasteiger partial charge in [0.2, 0.25) is 0 Å². The van der Waals surface area contributed by atoms with Crippen molar-refractivity contribution in [3.05, 3.63) is 29.3 Å². The highest BCUT2D eigenvalue weighted by atomic mass is 32.1. The van der Waals surface area contributed by atoms with Gasteiger partial charge >= 0.3 is 0 Å². The van der Waals surface area contributed by atoms with Gasteiger partial charge in [0, 0.05) is 25.7 Å². The van der Waals surface area contributed by atoms with Crippen molar-refractivity contribution in [3.8, 4) is 10.6 Å². The second-order valence-electron chi connectivity index (χ2n) is 6.79.